The average molecular weight is 231 g/mol. The molecule has 0 aliphatic carbocycles. The number of nitrogens with two attached hydrogens (primary N) is 1. The molecule has 2 aromatic rings. The van der Waals surface area contributed by atoms with Gasteiger partial charge in [0, 0.05) is 6.20 Å². The van der Waals surface area contributed by atoms with Crippen molar-refractivity contribution in [2.24, 2.45) is 5.73 Å². The standard InChI is InChI=1S/C7H4F3N5O/c8-7(9,10)3-2-15-4(1-12-3)13-14-6(15)5(11)16/h1-2H,(H2,11,16). The lowest BCUT2D eigenvalue weighted by atomic mass is 10.4. The predicted octanol–water partition coefficient (Wildman–Crippen LogP) is 0.242. The fraction of sp³-hybridized carbons (Fsp3) is 0.143. The van der Waals surface area contributed by atoms with Gasteiger partial charge in [-0.3, -0.25) is 9.20 Å². The Bertz CT molecular complexity index is 561. The van der Waals surface area contributed by atoms with Crippen LogP contribution in [0, 0.1) is 0 Å². The molecule has 0 saturated carbocycles. The number of hydrogen-bond acceptors (Lipinski definition) is 4. The van der Waals surface area contributed by atoms with Gasteiger partial charge in [-0.25, -0.2) is 4.98 Å². The van der Waals surface area contributed by atoms with Crippen LogP contribution < -0.4 is 5.73 Å². The summed E-state index contributed by atoms with van der Waals surface area (Å²) >= 11 is 0. The lowest BCUT2D eigenvalue weighted by Gasteiger charge is -2.05. The molecule has 2 rings (SSSR count). The van der Waals surface area contributed by atoms with Crippen LogP contribution in [0.5, 0.6) is 0 Å². The summed E-state index contributed by atoms with van der Waals surface area (Å²) in [5.74, 6) is -1.34. The van der Waals surface area contributed by atoms with E-state index in [-0.39, 0.29) is 11.5 Å². The molecule has 1 amide bonds. The third kappa shape index (κ3) is 1.55. The number of rotatable bonds is 1. The van der Waals surface area contributed by atoms with Crippen molar-refractivity contribution in [1.29, 1.82) is 0 Å². The highest BCUT2D eigenvalue weighted by Crippen LogP contribution is 2.27. The zero-order valence-electron chi connectivity index (χ0n) is 7.56. The van der Waals surface area contributed by atoms with Gasteiger partial charge in [-0.15, -0.1) is 10.2 Å². The summed E-state index contributed by atoms with van der Waals surface area (Å²) in [7, 11) is 0. The predicted molar refractivity (Wildman–Crippen MR) is 44.3 cm³/mol. The van der Waals surface area contributed by atoms with Gasteiger partial charge in [0.1, 0.15) is 0 Å². The van der Waals surface area contributed by atoms with Gasteiger partial charge in [-0.1, -0.05) is 0 Å². The lowest BCUT2D eigenvalue weighted by Crippen LogP contribution is -2.16. The fourth-order valence-electron chi connectivity index (χ4n) is 1.12. The van der Waals surface area contributed by atoms with Crippen LogP contribution in [0.2, 0.25) is 0 Å². The van der Waals surface area contributed by atoms with E-state index in [0.29, 0.717) is 6.20 Å². The van der Waals surface area contributed by atoms with E-state index in [0.717, 1.165) is 10.6 Å². The van der Waals surface area contributed by atoms with Crippen LogP contribution in [0.3, 0.4) is 0 Å². The maximum absolute atomic E-state index is 12.3. The number of hydrogen-bond donors (Lipinski definition) is 1. The zero-order valence-corrected chi connectivity index (χ0v) is 7.56. The molecule has 0 aromatic carbocycles. The summed E-state index contributed by atoms with van der Waals surface area (Å²) in [5, 5.41) is 6.79. The monoisotopic (exact) mass is 231 g/mol. The van der Waals surface area contributed by atoms with Crippen LogP contribution in [-0.4, -0.2) is 25.5 Å². The Hall–Kier alpha value is -2.19. The molecule has 0 unspecified atom stereocenters. The molecule has 0 aliphatic heterocycles. The zero-order chi connectivity index (χ0) is 11.9. The Morgan fingerprint density at radius 3 is 2.62 bits per heavy atom. The van der Waals surface area contributed by atoms with E-state index in [1.54, 1.807) is 0 Å². The number of fused-ring (bicyclic) bond motifs is 1. The molecule has 0 aliphatic rings. The molecule has 0 atom stereocenters. The highest BCUT2D eigenvalue weighted by molar-refractivity contribution is 5.89. The van der Waals surface area contributed by atoms with Gasteiger partial charge in [-0.2, -0.15) is 13.2 Å². The van der Waals surface area contributed by atoms with Gasteiger partial charge < -0.3 is 5.73 Å². The first-order chi connectivity index (χ1) is 7.39. The van der Waals surface area contributed by atoms with E-state index in [9.17, 15) is 18.0 Å². The van der Waals surface area contributed by atoms with Gasteiger partial charge >= 0.3 is 6.18 Å². The first-order valence-corrected chi connectivity index (χ1v) is 3.97. The summed E-state index contributed by atoms with van der Waals surface area (Å²) in [6.07, 6.45) is -3.12. The summed E-state index contributed by atoms with van der Waals surface area (Å²) < 4.78 is 37.8. The second-order valence-corrected chi connectivity index (χ2v) is 2.89. The minimum atomic E-state index is -4.60. The van der Waals surface area contributed by atoms with Crippen LogP contribution in [0.1, 0.15) is 16.3 Å². The third-order valence-corrected chi connectivity index (χ3v) is 1.80. The number of primary amides is 1. The van der Waals surface area contributed by atoms with Crippen LogP contribution >= 0.6 is 0 Å². The van der Waals surface area contributed by atoms with Gasteiger partial charge in [0.05, 0.1) is 6.20 Å². The Morgan fingerprint density at radius 2 is 2.06 bits per heavy atom. The van der Waals surface area contributed by atoms with Crippen molar-refractivity contribution in [3.05, 3.63) is 23.9 Å². The highest BCUT2D eigenvalue weighted by Gasteiger charge is 2.33. The first kappa shape index (κ1) is 10.3. The minimum Gasteiger partial charge on any atom is -0.363 e. The quantitative estimate of drug-likeness (QED) is 0.761. The number of alkyl halides is 3. The molecule has 0 radical (unpaired) electrons. The van der Waals surface area contributed by atoms with E-state index in [4.69, 9.17) is 5.73 Å². The molecular formula is C7H4F3N5O. The van der Waals surface area contributed by atoms with Crippen LogP contribution in [0.4, 0.5) is 13.2 Å². The molecule has 0 spiro atoms. The van der Waals surface area contributed by atoms with E-state index >= 15 is 0 Å². The number of carbonyl (C=O) groups is 1. The van der Waals surface area contributed by atoms with Crippen LogP contribution in [0.25, 0.3) is 5.65 Å². The summed E-state index contributed by atoms with van der Waals surface area (Å²) in [4.78, 5) is 14.0. The van der Waals surface area contributed by atoms with Crippen molar-refractivity contribution in [1.82, 2.24) is 19.6 Å². The maximum Gasteiger partial charge on any atom is 0.434 e. The van der Waals surface area contributed by atoms with Crippen molar-refractivity contribution < 1.29 is 18.0 Å². The summed E-state index contributed by atoms with van der Waals surface area (Å²) in [6.45, 7) is 0. The van der Waals surface area contributed by atoms with E-state index in [2.05, 4.69) is 15.2 Å². The van der Waals surface area contributed by atoms with E-state index in [1.807, 2.05) is 0 Å². The SMILES string of the molecule is NC(=O)c1nnc2cnc(C(F)(F)F)cn12. The molecule has 6 nitrogen and oxygen atoms in total. The van der Waals surface area contributed by atoms with Crippen molar-refractivity contribution in [2.75, 3.05) is 0 Å². The molecule has 0 saturated heterocycles. The largest absolute Gasteiger partial charge is 0.434 e. The van der Waals surface area contributed by atoms with Crippen LogP contribution in [0.15, 0.2) is 12.4 Å². The third-order valence-electron chi connectivity index (χ3n) is 1.80. The summed E-state index contributed by atoms with van der Waals surface area (Å²) in [5.41, 5.74) is 3.78. The molecular weight excluding hydrogens is 227 g/mol. The topological polar surface area (TPSA) is 86.2 Å². The Labute approximate surface area is 85.9 Å². The maximum atomic E-state index is 12.3. The average Bonchev–Trinajstić information content (AvgIpc) is 2.58. The molecule has 2 N–H and O–H groups in total. The van der Waals surface area contributed by atoms with Crippen molar-refractivity contribution in [2.45, 2.75) is 6.18 Å². The Morgan fingerprint density at radius 1 is 1.38 bits per heavy atom. The molecule has 84 valence electrons. The molecule has 16 heavy (non-hydrogen) atoms. The molecule has 0 bridgehead atoms. The normalized spacial score (nSPS) is 11.9. The minimum absolute atomic E-state index is 0.0156. The Kier molecular flexibility index (Phi) is 2.04. The van der Waals surface area contributed by atoms with Crippen molar-refractivity contribution in [3.8, 4) is 0 Å². The number of halogens is 3. The molecule has 9 heteroatoms. The lowest BCUT2D eigenvalue weighted by molar-refractivity contribution is -0.141. The number of aromatic nitrogens is 4. The Balaban J connectivity index is 2.68. The van der Waals surface area contributed by atoms with Crippen molar-refractivity contribution >= 4 is 11.6 Å². The van der Waals surface area contributed by atoms with E-state index < -0.39 is 17.8 Å². The van der Waals surface area contributed by atoms with Gasteiger partial charge in [0.25, 0.3) is 5.91 Å². The number of amides is 1. The second-order valence-electron chi connectivity index (χ2n) is 2.89. The van der Waals surface area contributed by atoms with Crippen molar-refractivity contribution in [3.63, 3.8) is 0 Å². The van der Waals surface area contributed by atoms with Crippen LogP contribution in [-0.2, 0) is 6.18 Å². The highest BCUT2D eigenvalue weighted by atomic mass is 19.4. The fourth-order valence-corrected chi connectivity index (χ4v) is 1.12. The van der Waals surface area contributed by atoms with Gasteiger partial charge in [-0.05, 0) is 0 Å². The number of carbonyl (C=O) groups excluding carboxylic acids is 1. The number of nitrogens with zero attached hydrogens (tertiary/aromatic N) is 4. The molecule has 2 heterocycles. The van der Waals surface area contributed by atoms with E-state index in [1.165, 1.54) is 0 Å². The molecule has 2 aromatic heterocycles. The summed E-state index contributed by atoms with van der Waals surface area (Å²) in [6, 6.07) is 0. The smallest absolute Gasteiger partial charge is 0.363 e. The van der Waals surface area contributed by atoms with Gasteiger partial charge in [0.2, 0.25) is 5.82 Å². The molecule has 0 fully saturated rings. The van der Waals surface area contributed by atoms with Gasteiger partial charge in [0.15, 0.2) is 11.3 Å². The second kappa shape index (κ2) is 3.15. The first-order valence-electron chi connectivity index (χ1n) is 3.97.